The van der Waals surface area contributed by atoms with Gasteiger partial charge in [-0.1, -0.05) is 0 Å². The molecule has 114 valence electrons. The molecule has 0 radical (unpaired) electrons. The molecule has 5 nitrogen and oxygen atoms in total. The van der Waals surface area contributed by atoms with Gasteiger partial charge in [-0.25, -0.2) is 0 Å². The van der Waals surface area contributed by atoms with Crippen LogP contribution in [0.4, 0.5) is 0 Å². The molecule has 1 aromatic rings. The lowest BCUT2D eigenvalue weighted by atomic mass is 10.0. The van der Waals surface area contributed by atoms with Crippen molar-refractivity contribution in [2.24, 2.45) is 5.73 Å². The second kappa shape index (κ2) is 5.42. The number of thiophene rings is 1. The van der Waals surface area contributed by atoms with E-state index < -0.39 is 5.54 Å². The molecule has 1 aromatic heterocycles. The Kier molecular flexibility index (Phi) is 3.75. The highest BCUT2D eigenvalue weighted by atomic mass is 32.1. The van der Waals surface area contributed by atoms with Crippen LogP contribution in [0.5, 0.6) is 0 Å². The summed E-state index contributed by atoms with van der Waals surface area (Å²) in [6.07, 6.45) is 3.22. The van der Waals surface area contributed by atoms with Gasteiger partial charge in [0.1, 0.15) is 0 Å². The Bertz CT molecular complexity index is 557. The summed E-state index contributed by atoms with van der Waals surface area (Å²) in [5.74, 6) is 0.0801. The summed E-state index contributed by atoms with van der Waals surface area (Å²) >= 11 is 1.51. The number of carbonyl (C=O) groups is 2. The van der Waals surface area contributed by atoms with Crippen LogP contribution in [0.3, 0.4) is 0 Å². The van der Waals surface area contributed by atoms with Gasteiger partial charge in [-0.3, -0.25) is 9.59 Å². The standard InChI is InChI=1S/C15H21N3O2S/c1-10-2-3-12(21-10)13(19)17-11-4-8-18(9-5-11)14(20)15(16)6-7-15/h2-3,11H,4-9,16H2,1H3,(H,17,19). The van der Waals surface area contributed by atoms with Crippen LogP contribution in [-0.2, 0) is 4.79 Å². The van der Waals surface area contributed by atoms with Crippen LogP contribution >= 0.6 is 11.3 Å². The Morgan fingerprint density at radius 2 is 2.00 bits per heavy atom. The summed E-state index contributed by atoms with van der Waals surface area (Å²) in [5, 5.41) is 3.06. The number of amides is 2. The predicted molar refractivity (Wildman–Crippen MR) is 82.3 cm³/mol. The third-order valence-electron chi connectivity index (χ3n) is 4.30. The number of aryl methyl sites for hydroxylation is 1. The Hall–Kier alpha value is -1.40. The number of hydrogen-bond donors (Lipinski definition) is 2. The summed E-state index contributed by atoms with van der Waals surface area (Å²) < 4.78 is 0. The zero-order valence-corrected chi connectivity index (χ0v) is 13.0. The van der Waals surface area contributed by atoms with Gasteiger partial charge in [0.05, 0.1) is 10.4 Å². The summed E-state index contributed by atoms with van der Waals surface area (Å²) in [5.41, 5.74) is 5.38. The lowest BCUT2D eigenvalue weighted by molar-refractivity contribution is -0.134. The maximum Gasteiger partial charge on any atom is 0.261 e. The van der Waals surface area contributed by atoms with E-state index in [-0.39, 0.29) is 17.9 Å². The molecule has 0 spiro atoms. The van der Waals surface area contributed by atoms with Gasteiger partial charge in [0.25, 0.3) is 5.91 Å². The van der Waals surface area contributed by atoms with Gasteiger partial charge >= 0.3 is 0 Å². The van der Waals surface area contributed by atoms with Crippen molar-refractivity contribution in [1.82, 2.24) is 10.2 Å². The van der Waals surface area contributed by atoms with E-state index in [0.29, 0.717) is 13.1 Å². The zero-order chi connectivity index (χ0) is 15.0. The predicted octanol–water partition coefficient (Wildman–Crippen LogP) is 1.27. The van der Waals surface area contributed by atoms with Gasteiger partial charge in [-0.15, -0.1) is 11.3 Å². The number of nitrogens with two attached hydrogens (primary N) is 1. The van der Waals surface area contributed by atoms with Gasteiger partial charge in [-0.2, -0.15) is 0 Å². The molecule has 2 amide bonds. The third kappa shape index (κ3) is 3.11. The van der Waals surface area contributed by atoms with E-state index >= 15 is 0 Å². The van der Waals surface area contributed by atoms with E-state index in [1.54, 1.807) is 0 Å². The van der Waals surface area contributed by atoms with E-state index in [2.05, 4.69) is 5.32 Å². The number of nitrogens with zero attached hydrogens (tertiary/aromatic N) is 1. The van der Waals surface area contributed by atoms with Crippen LogP contribution in [0, 0.1) is 6.92 Å². The highest BCUT2D eigenvalue weighted by molar-refractivity contribution is 7.13. The summed E-state index contributed by atoms with van der Waals surface area (Å²) in [6, 6.07) is 3.97. The molecule has 3 rings (SSSR count). The Balaban J connectivity index is 1.49. The number of carbonyl (C=O) groups excluding carboxylic acids is 2. The highest BCUT2D eigenvalue weighted by Crippen LogP contribution is 2.34. The average molecular weight is 307 g/mol. The first kappa shape index (κ1) is 14.5. The molecule has 0 atom stereocenters. The van der Waals surface area contributed by atoms with E-state index in [9.17, 15) is 9.59 Å². The Morgan fingerprint density at radius 3 is 2.52 bits per heavy atom. The minimum Gasteiger partial charge on any atom is -0.348 e. The van der Waals surface area contributed by atoms with Crippen molar-refractivity contribution < 1.29 is 9.59 Å². The molecule has 2 aliphatic rings. The number of likely N-dealkylation sites (tertiary alicyclic amines) is 1. The second-order valence-electron chi connectivity index (χ2n) is 6.11. The highest BCUT2D eigenvalue weighted by Gasteiger charge is 2.48. The second-order valence-corrected chi connectivity index (χ2v) is 7.39. The molecular formula is C15H21N3O2S. The Morgan fingerprint density at radius 1 is 1.33 bits per heavy atom. The van der Waals surface area contributed by atoms with Crippen molar-refractivity contribution in [3.05, 3.63) is 21.9 Å². The van der Waals surface area contributed by atoms with Crippen molar-refractivity contribution in [2.75, 3.05) is 13.1 Å². The quantitative estimate of drug-likeness (QED) is 0.883. The van der Waals surface area contributed by atoms with Crippen LogP contribution in [0.2, 0.25) is 0 Å². The van der Waals surface area contributed by atoms with Gasteiger partial charge in [-0.05, 0) is 44.7 Å². The van der Waals surface area contributed by atoms with Crippen LogP contribution in [0.25, 0.3) is 0 Å². The first-order valence-corrected chi connectivity index (χ1v) is 8.25. The van der Waals surface area contributed by atoms with E-state index in [4.69, 9.17) is 5.73 Å². The minimum absolute atomic E-state index is 0.00429. The molecule has 21 heavy (non-hydrogen) atoms. The van der Waals surface area contributed by atoms with Crippen molar-refractivity contribution in [2.45, 2.75) is 44.2 Å². The fourth-order valence-corrected chi connectivity index (χ4v) is 3.47. The fourth-order valence-electron chi connectivity index (χ4n) is 2.70. The number of rotatable bonds is 3. The molecule has 1 aliphatic carbocycles. The SMILES string of the molecule is Cc1ccc(C(=O)NC2CCN(C(=O)C3(N)CC3)CC2)s1. The molecule has 1 aliphatic heterocycles. The lowest BCUT2D eigenvalue weighted by Gasteiger charge is -2.33. The molecule has 0 bridgehead atoms. The van der Waals surface area contributed by atoms with Crippen molar-refractivity contribution in [3.63, 3.8) is 0 Å². The van der Waals surface area contributed by atoms with E-state index in [0.717, 1.165) is 35.4 Å². The molecule has 1 saturated carbocycles. The number of nitrogens with one attached hydrogen (secondary N) is 1. The van der Waals surface area contributed by atoms with Crippen LogP contribution in [0.15, 0.2) is 12.1 Å². The van der Waals surface area contributed by atoms with Gasteiger partial charge in [0.2, 0.25) is 5.91 Å². The molecule has 6 heteroatoms. The fraction of sp³-hybridized carbons (Fsp3) is 0.600. The van der Waals surface area contributed by atoms with Gasteiger partial charge in [0, 0.05) is 24.0 Å². The molecule has 0 aromatic carbocycles. The normalized spacial score (nSPS) is 21.1. The number of piperidine rings is 1. The average Bonchev–Trinajstić information content (AvgIpc) is 3.07. The summed E-state index contributed by atoms with van der Waals surface area (Å²) in [4.78, 5) is 28.0. The zero-order valence-electron chi connectivity index (χ0n) is 12.2. The van der Waals surface area contributed by atoms with Crippen LogP contribution in [0.1, 0.15) is 40.2 Å². The monoisotopic (exact) mass is 307 g/mol. The molecule has 3 N–H and O–H groups in total. The third-order valence-corrected chi connectivity index (χ3v) is 5.30. The van der Waals surface area contributed by atoms with E-state index in [1.807, 2.05) is 24.0 Å². The summed E-state index contributed by atoms with van der Waals surface area (Å²) in [7, 11) is 0. The molecular weight excluding hydrogens is 286 g/mol. The first-order valence-electron chi connectivity index (χ1n) is 7.43. The largest absolute Gasteiger partial charge is 0.348 e. The molecule has 2 fully saturated rings. The minimum atomic E-state index is -0.579. The smallest absolute Gasteiger partial charge is 0.261 e. The van der Waals surface area contributed by atoms with Crippen molar-refractivity contribution in [3.8, 4) is 0 Å². The van der Waals surface area contributed by atoms with Crippen LogP contribution < -0.4 is 11.1 Å². The maximum absolute atomic E-state index is 12.2. The van der Waals surface area contributed by atoms with Gasteiger partial charge in [0.15, 0.2) is 0 Å². The number of hydrogen-bond acceptors (Lipinski definition) is 4. The lowest BCUT2D eigenvalue weighted by Crippen LogP contribution is -2.51. The first-order chi connectivity index (χ1) is 9.98. The summed E-state index contributed by atoms with van der Waals surface area (Å²) in [6.45, 7) is 3.37. The van der Waals surface area contributed by atoms with E-state index in [1.165, 1.54) is 11.3 Å². The van der Waals surface area contributed by atoms with Gasteiger partial charge < -0.3 is 16.0 Å². The topological polar surface area (TPSA) is 75.4 Å². The van der Waals surface area contributed by atoms with Crippen molar-refractivity contribution >= 4 is 23.2 Å². The Labute approximate surface area is 128 Å². The molecule has 0 unspecified atom stereocenters. The molecule has 2 heterocycles. The molecule has 1 saturated heterocycles. The maximum atomic E-state index is 12.2. The van der Waals surface area contributed by atoms with Crippen LogP contribution in [-0.4, -0.2) is 41.4 Å². The van der Waals surface area contributed by atoms with Crippen molar-refractivity contribution in [1.29, 1.82) is 0 Å².